The van der Waals surface area contributed by atoms with Crippen molar-refractivity contribution in [2.24, 2.45) is 0 Å². The van der Waals surface area contributed by atoms with Crippen LogP contribution in [0, 0.1) is 0 Å². The predicted molar refractivity (Wildman–Crippen MR) is 64.8 cm³/mol. The predicted octanol–water partition coefficient (Wildman–Crippen LogP) is 1.63. The molecule has 0 saturated heterocycles. The summed E-state index contributed by atoms with van der Waals surface area (Å²) in [5, 5.41) is 5.77. The number of hydrogen-bond acceptors (Lipinski definition) is 3. The van der Waals surface area contributed by atoms with E-state index in [-0.39, 0.29) is 5.91 Å². The van der Waals surface area contributed by atoms with Crippen LogP contribution in [0.15, 0.2) is 24.3 Å². The number of rotatable bonds is 4. The van der Waals surface area contributed by atoms with Crippen molar-refractivity contribution in [3.05, 3.63) is 24.3 Å². The third-order valence-corrected chi connectivity index (χ3v) is 2.55. The van der Waals surface area contributed by atoms with E-state index >= 15 is 0 Å². The minimum Gasteiger partial charge on any atom is -0.495 e. The van der Waals surface area contributed by atoms with Crippen LogP contribution in [0.1, 0.15) is 13.8 Å². The summed E-state index contributed by atoms with van der Waals surface area (Å²) in [6.07, 6.45) is 0. The Balaban J connectivity index is 2.85. The van der Waals surface area contributed by atoms with Gasteiger partial charge >= 0.3 is 0 Å². The van der Waals surface area contributed by atoms with Crippen LogP contribution in [-0.4, -0.2) is 25.6 Å². The molecule has 0 aliphatic heterocycles. The van der Waals surface area contributed by atoms with E-state index in [0.717, 1.165) is 0 Å². The summed E-state index contributed by atoms with van der Waals surface area (Å²) in [4.78, 5) is 11.9. The van der Waals surface area contributed by atoms with E-state index in [1.54, 1.807) is 14.2 Å². The number of hydrogen-bond donors (Lipinski definition) is 2. The van der Waals surface area contributed by atoms with Crippen LogP contribution in [0.5, 0.6) is 5.75 Å². The zero-order valence-electron chi connectivity index (χ0n) is 10.1. The smallest absolute Gasteiger partial charge is 0.244 e. The van der Waals surface area contributed by atoms with Gasteiger partial charge in [-0.15, -0.1) is 0 Å². The van der Waals surface area contributed by atoms with Gasteiger partial charge in [-0.3, -0.25) is 4.79 Å². The monoisotopic (exact) mass is 222 g/mol. The number of nitrogens with one attached hydrogen (secondary N) is 2. The van der Waals surface area contributed by atoms with Crippen molar-refractivity contribution in [2.45, 2.75) is 19.4 Å². The molecule has 1 aromatic carbocycles. The molecule has 4 heteroatoms. The summed E-state index contributed by atoms with van der Waals surface area (Å²) < 4.78 is 5.16. The van der Waals surface area contributed by atoms with E-state index in [0.29, 0.717) is 11.4 Å². The van der Waals surface area contributed by atoms with Gasteiger partial charge < -0.3 is 15.4 Å². The molecule has 0 aliphatic carbocycles. The molecular formula is C12H18N2O2. The van der Waals surface area contributed by atoms with E-state index in [1.165, 1.54) is 0 Å². The first-order chi connectivity index (χ1) is 7.51. The Hall–Kier alpha value is -1.55. The molecule has 0 radical (unpaired) electrons. The third-order valence-electron chi connectivity index (χ3n) is 2.55. The highest BCUT2D eigenvalue weighted by Gasteiger charge is 2.25. The maximum atomic E-state index is 11.9. The molecule has 88 valence electrons. The van der Waals surface area contributed by atoms with Gasteiger partial charge in [-0.25, -0.2) is 0 Å². The van der Waals surface area contributed by atoms with Crippen LogP contribution in [-0.2, 0) is 4.79 Å². The highest BCUT2D eigenvalue weighted by Crippen LogP contribution is 2.23. The van der Waals surface area contributed by atoms with Crippen LogP contribution in [0.25, 0.3) is 0 Å². The van der Waals surface area contributed by atoms with Crippen molar-refractivity contribution in [3.8, 4) is 5.75 Å². The van der Waals surface area contributed by atoms with Gasteiger partial charge in [0.25, 0.3) is 0 Å². The normalized spacial score (nSPS) is 11.0. The standard InChI is InChI=1S/C12H18N2O2/c1-12(2,13-3)11(15)14-9-7-5-6-8-10(9)16-4/h5-8,13H,1-4H3,(H,14,15). The lowest BCUT2D eigenvalue weighted by Gasteiger charge is -2.23. The van der Waals surface area contributed by atoms with E-state index in [4.69, 9.17) is 4.74 Å². The molecule has 16 heavy (non-hydrogen) atoms. The zero-order chi connectivity index (χ0) is 12.2. The van der Waals surface area contributed by atoms with Gasteiger partial charge in [0.15, 0.2) is 0 Å². The summed E-state index contributed by atoms with van der Waals surface area (Å²) in [6.45, 7) is 3.63. The molecule has 0 heterocycles. The number of amides is 1. The molecule has 1 aromatic rings. The number of benzene rings is 1. The lowest BCUT2D eigenvalue weighted by molar-refractivity contribution is -0.121. The molecule has 0 unspecified atom stereocenters. The molecular weight excluding hydrogens is 204 g/mol. The number of likely N-dealkylation sites (N-methyl/N-ethyl adjacent to an activating group) is 1. The minimum absolute atomic E-state index is 0.0977. The SMILES string of the molecule is CNC(C)(C)C(=O)Nc1ccccc1OC. The summed E-state index contributed by atoms with van der Waals surface area (Å²) in [7, 11) is 3.33. The second-order valence-corrected chi connectivity index (χ2v) is 4.03. The van der Waals surface area contributed by atoms with E-state index in [1.807, 2.05) is 38.1 Å². The van der Waals surface area contributed by atoms with E-state index in [9.17, 15) is 4.79 Å². The Morgan fingerprint density at radius 1 is 1.31 bits per heavy atom. The third kappa shape index (κ3) is 2.73. The zero-order valence-corrected chi connectivity index (χ0v) is 10.1. The first-order valence-electron chi connectivity index (χ1n) is 5.14. The summed E-state index contributed by atoms with van der Waals surface area (Å²) in [6, 6.07) is 7.33. The molecule has 0 saturated carbocycles. The molecule has 1 amide bonds. The summed E-state index contributed by atoms with van der Waals surface area (Å²) >= 11 is 0. The number of methoxy groups -OCH3 is 1. The molecule has 1 rings (SSSR count). The Kier molecular flexibility index (Phi) is 3.90. The summed E-state index contributed by atoms with van der Waals surface area (Å²) in [5.41, 5.74) is 0.0687. The lowest BCUT2D eigenvalue weighted by atomic mass is 10.1. The van der Waals surface area contributed by atoms with Gasteiger partial charge in [0.2, 0.25) is 5.91 Å². The van der Waals surface area contributed by atoms with Crippen LogP contribution >= 0.6 is 0 Å². The van der Waals surface area contributed by atoms with E-state index in [2.05, 4.69) is 10.6 Å². The van der Waals surface area contributed by atoms with Crippen molar-refractivity contribution in [3.63, 3.8) is 0 Å². The fourth-order valence-corrected chi connectivity index (χ4v) is 1.14. The molecule has 2 N–H and O–H groups in total. The molecule has 0 spiro atoms. The lowest BCUT2D eigenvalue weighted by Crippen LogP contribution is -2.47. The Morgan fingerprint density at radius 2 is 1.94 bits per heavy atom. The van der Waals surface area contributed by atoms with Crippen molar-refractivity contribution < 1.29 is 9.53 Å². The molecule has 4 nitrogen and oxygen atoms in total. The second kappa shape index (κ2) is 4.99. The number of carbonyl (C=O) groups excluding carboxylic acids is 1. The van der Waals surface area contributed by atoms with Crippen molar-refractivity contribution >= 4 is 11.6 Å². The molecule has 0 bridgehead atoms. The fraction of sp³-hybridized carbons (Fsp3) is 0.417. The number of carbonyl (C=O) groups is 1. The van der Waals surface area contributed by atoms with Gasteiger partial charge in [0.1, 0.15) is 5.75 Å². The number of anilines is 1. The number of para-hydroxylation sites is 2. The van der Waals surface area contributed by atoms with Gasteiger partial charge in [-0.05, 0) is 33.0 Å². The molecule has 0 aliphatic rings. The van der Waals surface area contributed by atoms with Crippen molar-refractivity contribution in [1.29, 1.82) is 0 Å². The van der Waals surface area contributed by atoms with Crippen LogP contribution in [0.4, 0.5) is 5.69 Å². The van der Waals surface area contributed by atoms with E-state index < -0.39 is 5.54 Å². The van der Waals surface area contributed by atoms with Gasteiger partial charge in [0.05, 0.1) is 18.3 Å². The summed E-state index contributed by atoms with van der Waals surface area (Å²) in [5.74, 6) is 0.558. The van der Waals surface area contributed by atoms with Gasteiger partial charge in [-0.2, -0.15) is 0 Å². The first-order valence-corrected chi connectivity index (χ1v) is 5.14. The first kappa shape index (κ1) is 12.5. The van der Waals surface area contributed by atoms with Gasteiger partial charge in [-0.1, -0.05) is 12.1 Å². The number of ether oxygens (including phenoxy) is 1. The maximum Gasteiger partial charge on any atom is 0.244 e. The maximum absolute atomic E-state index is 11.9. The van der Waals surface area contributed by atoms with Crippen LogP contribution < -0.4 is 15.4 Å². The Bertz CT molecular complexity index is 375. The topological polar surface area (TPSA) is 50.4 Å². The Morgan fingerprint density at radius 3 is 2.50 bits per heavy atom. The Labute approximate surface area is 96.0 Å². The molecule has 0 aromatic heterocycles. The quantitative estimate of drug-likeness (QED) is 0.814. The van der Waals surface area contributed by atoms with Crippen molar-refractivity contribution in [2.75, 3.05) is 19.5 Å². The van der Waals surface area contributed by atoms with Gasteiger partial charge in [0, 0.05) is 0 Å². The second-order valence-electron chi connectivity index (χ2n) is 4.03. The minimum atomic E-state index is -0.610. The van der Waals surface area contributed by atoms with Crippen LogP contribution in [0.2, 0.25) is 0 Å². The molecule has 0 atom stereocenters. The highest BCUT2D eigenvalue weighted by molar-refractivity contribution is 5.98. The average molecular weight is 222 g/mol. The average Bonchev–Trinajstić information content (AvgIpc) is 2.29. The van der Waals surface area contributed by atoms with Crippen molar-refractivity contribution in [1.82, 2.24) is 5.32 Å². The highest BCUT2D eigenvalue weighted by atomic mass is 16.5. The molecule has 0 fully saturated rings. The van der Waals surface area contributed by atoms with Crippen LogP contribution in [0.3, 0.4) is 0 Å². The fourth-order valence-electron chi connectivity index (χ4n) is 1.14. The largest absolute Gasteiger partial charge is 0.495 e.